The van der Waals surface area contributed by atoms with Crippen LogP contribution in [0.3, 0.4) is 0 Å². The molecule has 2 aromatic rings. The van der Waals surface area contributed by atoms with E-state index in [2.05, 4.69) is 16.0 Å². The van der Waals surface area contributed by atoms with E-state index in [1.807, 2.05) is 0 Å². The molecular formula is C15H16N3O3. The monoisotopic (exact) mass is 286 g/mol. The molecule has 1 radical (unpaired) electrons. The van der Waals surface area contributed by atoms with Crippen molar-refractivity contribution in [1.82, 2.24) is 4.98 Å². The molecule has 21 heavy (non-hydrogen) atoms. The van der Waals surface area contributed by atoms with Gasteiger partial charge in [0.1, 0.15) is 5.52 Å². The second kappa shape index (κ2) is 4.46. The number of rotatable bonds is 2. The Bertz CT molecular complexity index is 695. The Balaban J connectivity index is 1.61. The molecule has 2 aliphatic rings. The standard InChI is InChI=1S/C15H16N3O3/c16-13(19)10-2-1-3-11-12(10)17-14(21-11)18-8-15(9-18)4-6-20-7-5-15/h1,3H,4-9H2,(H2,16,19). The molecule has 0 unspecified atom stereocenters. The molecule has 0 bridgehead atoms. The maximum absolute atomic E-state index is 11.4. The van der Waals surface area contributed by atoms with Crippen LogP contribution in [0.2, 0.25) is 0 Å². The summed E-state index contributed by atoms with van der Waals surface area (Å²) in [5.74, 6) is -0.537. The summed E-state index contributed by atoms with van der Waals surface area (Å²) in [5, 5.41) is 0. The zero-order valence-corrected chi connectivity index (χ0v) is 11.6. The van der Waals surface area contributed by atoms with Crippen molar-refractivity contribution in [3.63, 3.8) is 0 Å². The second-order valence-corrected chi connectivity index (χ2v) is 5.89. The van der Waals surface area contributed by atoms with Crippen molar-refractivity contribution >= 4 is 23.0 Å². The van der Waals surface area contributed by atoms with E-state index in [1.165, 1.54) is 0 Å². The topological polar surface area (TPSA) is 81.6 Å². The second-order valence-electron chi connectivity index (χ2n) is 5.89. The Kier molecular flexibility index (Phi) is 2.68. The van der Waals surface area contributed by atoms with Crippen molar-refractivity contribution in [3.05, 3.63) is 23.8 Å². The first kappa shape index (κ1) is 12.6. The number of hydrogen-bond acceptors (Lipinski definition) is 5. The lowest BCUT2D eigenvalue weighted by Crippen LogP contribution is -2.58. The van der Waals surface area contributed by atoms with Crippen LogP contribution in [0.4, 0.5) is 6.01 Å². The van der Waals surface area contributed by atoms with E-state index in [0.717, 1.165) is 39.1 Å². The SMILES string of the molecule is NC(=O)c1[c]ccc2oc(N3CC4(CCOCC4)C3)nc12. The molecule has 0 aliphatic carbocycles. The van der Waals surface area contributed by atoms with Crippen LogP contribution in [0.1, 0.15) is 23.2 Å². The van der Waals surface area contributed by atoms with Gasteiger partial charge >= 0.3 is 0 Å². The number of aromatic nitrogens is 1. The molecule has 4 rings (SSSR count). The highest BCUT2D eigenvalue weighted by Gasteiger charge is 2.45. The zero-order chi connectivity index (χ0) is 14.4. The minimum atomic E-state index is -0.537. The lowest BCUT2D eigenvalue weighted by Gasteiger charge is -2.51. The molecule has 1 spiro atoms. The lowest BCUT2D eigenvalue weighted by atomic mass is 9.74. The van der Waals surface area contributed by atoms with Gasteiger partial charge in [-0.15, -0.1) is 0 Å². The molecular weight excluding hydrogens is 270 g/mol. The summed E-state index contributed by atoms with van der Waals surface area (Å²) in [7, 11) is 0. The van der Waals surface area contributed by atoms with Crippen LogP contribution < -0.4 is 10.6 Å². The van der Waals surface area contributed by atoms with Crippen molar-refractivity contribution in [1.29, 1.82) is 0 Å². The van der Waals surface area contributed by atoms with Gasteiger partial charge in [-0.25, -0.2) is 0 Å². The Labute approximate surface area is 121 Å². The van der Waals surface area contributed by atoms with Crippen LogP contribution in [0.5, 0.6) is 0 Å². The van der Waals surface area contributed by atoms with Gasteiger partial charge in [-0.1, -0.05) is 0 Å². The number of primary amides is 1. The number of nitrogens with two attached hydrogens (primary N) is 1. The number of ether oxygens (including phenoxy) is 1. The molecule has 1 aromatic carbocycles. The average Bonchev–Trinajstić information content (AvgIpc) is 2.88. The van der Waals surface area contributed by atoms with Gasteiger partial charge in [-0.3, -0.25) is 4.79 Å². The predicted octanol–water partition coefficient (Wildman–Crippen LogP) is 1.34. The van der Waals surface area contributed by atoms with Crippen LogP contribution >= 0.6 is 0 Å². The molecule has 1 amide bonds. The minimum Gasteiger partial charge on any atom is -0.423 e. The molecule has 6 nitrogen and oxygen atoms in total. The number of benzene rings is 1. The molecule has 0 saturated carbocycles. The first-order chi connectivity index (χ1) is 10.2. The van der Waals surface area contributed by atoms with Crippen LogP contribution in [-0.4, -0.2) is 37.2 Å². The van der Waals surface area contributed by atoms with Crippen molar-refractivity contribution in [3.8, 4) is 0 Å². The summed E-state index contributed by atoms with van der Waals surface area (Å²) in [4.78, 5) is 17.9. The Hall–Kier alpha value is -2.08. The molecule has 2 fully saturated rings. The van der Waals surface area contributed by atoms with Gasteiger partial charge in [-0.2, -0.15) is 4.98 Å². The fraction of sp³-hybridized carbons (Fsp3) is 0.467. The number of carbonyl (C=O) groups is 1. The summed E-state index contributed by atoms with van der Waals surface area (Å²) in [6, 6.07) is 6.77. The van der Waals surface area contributed by atoms with E-state index in [4.69, 9.17) is 14.9 Å². The number of amides is 1. The Morgan fingerprint density at radius 2 is 2.14 bits per heavy atom. The summed E-state index contributed by atoms with van der Waals surface area (Å²) < 4.78 is 11.2. The Morgan fingerprint density at radius 1 is 1.38 bits per heavy atom. The van der Waals surface area contributed by atoms with Crippen LogP contribution in [0.15, 0.2) is 16.5 Å². The summed E-state index contributed by atoms with van der Waals surface area (Å²) in [6.45, 7) is 3.53. The third-order valence-electron chi connectivity index (χ3n) is 4.46. The largest absolute Gasteiger partial charge is 0.423 e. The zero-order valence-electron chi connectivity index (χ0n) is 11.6. The number of fused-ring (bicyclic) bond motifs is 1. The first-order valence-corrected chi connectivity index (χ1v) is 7.11. The van der Waals surface area contributed by atoms with E-state index >= 15 is 0 Å². The number of anilines is 1. The number of oxazole rings is 1. The third kappa shape index (κ3) is 1.98. The fourth-order valence-electron chi connectivity index (χ4n) is 3.22. The highest BCUT2D eigenvalue weighted by molar-refractivity contribution is 6.03. The normalized spacial score (nSPS) is 20.7. The maximum atomic E-state index is 11.4. The van der Waals surface area contributed by atoms with Crippen molar-refractivity contribution in [2.45, 2.75) is 12.8 Å². The lowest BCUT2D eigenvalue weighted by molar-refractivity contribution is -0.00173. The molecule has 2 N–H and O–H groups in total. The van der Waals surface area contributed by atoms with Gasteiger partial charge in [0.05, 0.1) is 5.56 Å². The molecule has 3 heterocycles. The van der Waals surface area contributed by atoms with E-state index in [1.54, 1.807) is 12.1 Å². The minimum absolute atomic E-state index is 0.281. The van der Waals surface area contributed by atoms with Gasteiger partial charge in [0.25, 0.3) is 11.9 Å². The van der Waals surface area contributed by atoms with Crippen molar-refractivity contribution < 1.29 is 13.9 Å². The van der Waals surface area contributed by atoms with Gasteiger partial charge in [0, 0.05) is 31.7 Å². The number of hydrogen-bond donors (Lipinski definition) is 1. The average molecular weight is 286 g/mol. The summed E-state index contributed by atoms with van der Waals surface area (Å²) in [6.07, 6.45) is 2.17. The molecule has 109 valence electrons. The van der Waals surface area contributed by atoms with Gasteiger partial charge in [0.2, 0.25) is 0 Å². The predicted molar refractivity (Wildman–Crippen MR) is 76.1 cm³/mol. The van der Waals surface area contributed by atoms with Crippen molar-refractivity contribution in [2.24, 2.45) is 11.1 Å². The van der Waals surface area contributed by atoms with Gasteiger partial charge < -0.3 is 19.8 Å². The van der Waals surface area contributed by atoms with E-state index < -0.39 is 5.91 Å². The molecule has 1 aromatic heterocycles. The highest BCUT2D eigenvalue weighted by atomic mass is 16.5. The quantitative estimate of drug-likeness (QED) is 0.901. The van der Waals surface area contributed by atoms with Crippen LogP contribution in [0.25, 0.3) is 11.1 Å². The highest BCUT2D eigenvalue weighted by Crippen LogP contribution is 2.42. The first-order valence-electron chi connectivity index (χ1n) is 7.11. The maximum Gasteiger partial charge on any atom is 0.298 e. The molecule has 0 atom stereocenters. The van der Waals surface area contributed by atoms with E-state index in [9.17, 15) is 4.79 Å². The summed E-state index contributed by atoms with van der Waals surface area (Å²) in [5.41, 5.74) is 7.04. The fourth-order valence-corrected chi connectivity index (χ4v) is 3.22. The Morgan fingerprint density at radius 3 is 2.86 bits per heavy atom. The van der Waals surface area contributed by atoms with Gasteiger partial charge in [0.15, 0.2) is 5.58 Å². The number of nitrogens with zero attached hydrogens (tertiary/aromatic N) is 2. The molecule has 2 saturated heterocycles. The third-order valence-corrected chi connectivity index (χ3v) is 4.46. The van der Waals surface area contributed by atoms with E-state index in [-0.39, 0.29) is 5.56 Å². The number of carbonyl (C=O) groups excluding carboxylic acids is 1. The molecule has 6 heteroatoms. The summed E-state index contributed by atoms with van der Waals surface area (Å²) >= 11 is 0. The van der Waals surface area contributed by atoms with Crippen LogP contribution in [-0.2, 0) is 4.74 Å². The van der Waals surface area contributed by atoms with Crippen LogP contribution in [0, 0.1) is 11.5 Å². The smallest absolute Gasteiger partial charge is 0.298 e. The van der Waals surface area contributed by atoms with Gasteiger partial charge in [-0.05, 0) is 31.0 Å². The van der Waals surface area contributed by atoms with E-state index in [0.29, 0.717) is 22.5 Å². The van der Waals surface area contributed by atoms with Crippen molar-refractivity contribution in [2.75, 3.05) is 31.2 Å². The molecule has 2 aliphatic heterocycles.